The van der Waals surface area contributed by atoms with Crippen LogP contribution in [0.15, 0.2) is 59.7 Å². The van der Waals surface area contributed by atoms with Gasteiger partial charge in [-0.1, -0.05) is 42.5 Å². The maximum Gasteiger partial charge on any atom is 0.337 e. The highest BCUT2D eigenvalue weighted by Crippen LogP contribution is 2.24. The van der Waals surface area contributed by atoms with E-state index >= 15 is 0 Å². The number of carbonyl (C=O) groups is 1. The van der Waals surface area contributed by atoms with Gasteiger partial charge in [-0.05, 0) is 23.3 Å². The fourth-order valence-corrected chi connectivity index (χ4v) is 2.42. The molecule has 2 aromatic carbocycles. The average molecular weight is 280 g/mol. The molecule has 1 heterocycles. The number of nitrogens with one attached hydrogen (secondary N) is 1. The van der Waals surface area contributed by atoms with E-state index in [1.165, 1.54) is 12.7 Å². The van der Waals surface area contributed by atoms with Gasteiger partial charge in [0.2, 0.25) is 0 Å². The van der Waals surface area contributed by atoms with Gasteiger partial charge in [-0.15, -0.1) is 0 Å². The minimum atomic E-state index is -0.324. The van der Waals surface area contributed by atoms with Crippen molar-refractivity contribution in [1.29, 1.82) is 0 Å². The van der Waals surface area contributed by atoms with Gasteiger partial charge in [0.1, 0.15) is 0 Å². The van der Waals surface area contributed by atoms with Crippen molar-refractivity contribution >= 4 is 11.7 Å². The van der Waals surface area contributed by atoms with E-state index in [1.54, 1.807) is 12.1 Å². The largest absolute Gasteiger partial charge is 0.465 e. The van der Waals surface area contributed by atoms with Gasteiger partial charge in [0.05, 0.1) is 24.4 Å². The molecule has 3 rings (SSSR count). The van der Waals surface area contributed by atoms with Crippen LogP contribution < -0.4 is 5.43 Å². The summed E-state index contributed by atoms with van der Waals surface area (Å²) in [6.07, 6.45) is 0.835. The fourth-order valence-electron chi connectivity index (χ4n) is 2.42. The van der Waals surface area contributed by atoms with Crippen molar-refractivity contribution in [2.75, 3.05) is 7.11 Å². The molecule has 106 valence electrons. The molecule has 1 unspecified atom stereocenters. The quantitative estimate of drug-likeness (QED) is 0.879. The maximum atomic E-state index is 11.4. The van der Waals surface area contributed by atoms with E-state index in [2.05, 4.69) is 22.7 Å². The Kier molecular flexibility index (Phi) is 3.69. The van der Waals surface area contributed by atoms with Gasteiger partial charge in [-0.25, -0.2) is 4.79 Å². The molecular weight excluding hydrogens is 264 g/mol. The molecule has 0 aromatic heterocycles. The highest BCUT2D eigenvalue weighted by atomic mass is 16.5. The average Bonchev–Trinajstić information content (AvgIpc) is 3.05. The third-order valence-corrected chi connectivity index (χ3v) is 3.59. The second-order valence-electron chi connectivity index (χ2n) is 4.92. The summed E-state index contributed by atoms with van der Waals surface area (Å²) in [5.41, 5.74) is 6.96. The summed E-state index contributed by atoms with van der Waals surface area (Å²) in [7, 11) is 1.38. The maximum absolute atomic E-state index is 11.4. The Morgan fingerprint density at radius 1 is 1.14 bits per heavy atom. The number of ether oxygens (including phenoxy) is 1. The first-order chi connectivity index (χ1) is 10.3. The molecule has 0 amide bonds. The summed E-state index contributed by atoms with van der Waals surface area (Å²) >= 11 is 0. The summed E-state index contributed by atoms with van der Waals surface area (Å²) in [6.45, 7) is 0. The summed E-state index contributed by atoms with van der Waals surface area (Å²) < 4.78 is 4.69. The molecule has 0 fully saturated rings. The number of hydrogen-bond donors (Lipinski definition) is 1. The molecule has 0 saturated heterocycles. The van der Waals surface area contributed by atoms with E-state index in [9.17, 15) is 4.79 Å². The first kappa shape index (κ1) is 13.4. The van der Waals surface area contributed by atoms with Crippen LogP contribution in [0.3, 0.4) is 0 Å². The van der Waals surface area contributed by atoms with Gasteiger partial charge < -0.3 is 10.2 Å². The van der Waals surface area contributed by atoms with Crippen LogP contribution in [0.1, 0.15) is 33.9 Å². The number of hydrogen-bond acceptors (Lipinski definition) is 4. The zero-order valence-corrected chi connectivity index (χ0v) is 11.7. The van der Waals surface area contributed by atoms with E-state index in [0.717, 1.165) is 17.7 Å². The topological polar surface area (TPSA) is 50.7 Å². The smallest absolute Gasteiger partial charge is 0.337 e. The lowest BCUT2D eigenvalue weighted by molar-refractivity contribution is 0.0600. The molecule has 21 heavy (non-hydrogen) atoms. The van der Waals surface area contributed by atoms with Crippen LogP contribution in [0, 0.1) is 0 Å². The van der Waals surface area contributed by atoms with Gasteiger partial charge in [-0.2, -0.15) is 5.10 Å². The number of carbonyl (C=O) groups excluding carboxylic acids is 1. The molecule has 0 aliphatic carbocycles. The second kappa shape index (κ2) is 5.79. The Bertz CT molecular complexity index is 663. The van der Waals surface area contributed by atoms with E-state index in [-0.39, 0.29) is 12.0 Å². The third kappa shape index (κ3) is 2.79. The first-order valence-electron chi connectivity index (χ1n) is 6.83. The third-order valence-electron chi connectivity index (χ3n) is 3.59. The Labute approximate surface area is 123 Å². The zero-order valence-electron chi connectivity index (χ0n) is 11.7. The normalized spacial score (nSPS) is 17.0. The Hall–Kier alpha value is -2.62. The summed E-state index contributed by atoms with van der Waals surface area (Å²) in [4.78, 5) is 11.4. The van der Waals surface area contributed by atoms with Crippen LogP contribution in [-0.2, 0) is 4.74 Å². The van der Waals surface area contributed by atoms with Crippen LogP contribution in [0.4, 0.5) is 0 Å². The number of rotatable bonds is 3. The van der Waals surface area contributed by atoms with Crippen molar-refractivity contribution < 1.29 is 9.53 Å². The predicted octanol–water partition coefficient (Wildman–Crippen LogP) is 2.91. The lowest BCUT2D eigenvalue weighted by atomic mass is 9.98. The van der Waals surface area contributed by atoms with Crippen LogP contribution in [0.25, 0.3) is 0 Å². The molecule has 4 nitrogen and oxygen atoms in total. The standard InChI is InChI=1S/C17H16N2O2/c1-21-17(20)14-9-7-13(8-10-14)16-11-15(18-19-16)12-5-3-2-4-6-12/h2-10,15,18H,11H2,1H3. The minimum Gasteiger partial charge on any atom is -0.465 e. The van der Waals surface area contributed by atoms with Gasteiger partial charge >= 0.3 is 5.97 Å². The fraction of sp³-hybridized carbons (Fsp3) is 0.176. The van der Waals surface area contributed by atoms with Crippen molar-refractivity contribution in [3.63, 3.8) is 0 Å². The van der Waals surface area contributed by atoms with Crippen LogP contribution in [-0.4, -0.2) is 18.8 Å². The van der Waals surface area contributed by atoms with Crippen molar-refractivity contribution in [2.45, 2.75) is 12.5 Å². The lowest BCUT2D eigenvalue weighted by Gasteiger charge is -2.09. The molecule has 1 N–H and O–H groups in total. The number of methoxy groups -OCH3 is 1. The summed E-state index contributed by atoms with van der Waals surface area (Å²) in [5, 5.41) is 4.41. The van der Waals surface area contributed by atoms with Crippen LogP contribution in [0.5, 0.6) is 0 Å². The van der Waals surface area contributed by atoms with Crippen molar-refractivity contribution in [3.05, 3.63) is 71.3 Å². The Morgan fingerprint density at radius 2 is 1.86 bits per heavy atom. The van der Waals surface area contributed by atoms with Crippen molar-refractivity contribution in [1.82, 2.24) is 5.43 Å². The molecule has 1 aliphatic heterocycles. The summed E-state index contributed by atoms with van der Waals surface area (Å²) in [6, 6.07) is 17.8. The molecule has 1 aliphatic rings. The molecule has 4 heteroatoms. The van der Waals surface area contributed by atoms with Gasteiger partial charge in [0, 0.05) is 6.42 Å². The Morgan fingerprint density at radius 3 is 2.52 bits per heavy atom. The monoisotopic (exact) mass is 280 g/mol. The molecule has 0 bridgehead atoms. The SMILES string of the molecule is COC(=O)c1ccc(C2=NNC(c3ccccc3)C2)cc1. The zero-order chi connectivity index (χ0) is 14.7. The van der Waals surface area contributed by atoms with Gasteiger partial charge in [0.25, 0.3) is 0 Å². The molecule has 0 radical (unpaired) electrons. The lowest BCUT2D eigenvalue weighted by Crippen LogP contribution is -2.09. The number of esters is 1. The van der Waals surface area contributed by atoms with E-state index < -0.39 is 0 Å². The highest BCUT2D eigenvalue weighted by molar-refractivity contribution is 6.02. The predicted molar refractivity (Wildman–Crippen MR) is 81.3 cm³/mol. The highest BCUT2D eigenvalue weighted by Gasteiger charge is 2.21. The second-order valence-corrected chi connectivity index (χ2v) is 4.92. The van der Waals surface area contributed by atoms with Crippen molar-refractivity contribution in [3.8, 4) is 0 Å². The number of benzene rings is 2. The molecule has 0 saturated carbocycles. The Balaban J connectivity index is 1.73. The molecular formula is C17H16N2O2. The minimum absolute atomic E-state index is 0.210. The van der Waals surface area contributed by atoms with E-state index in [4.69, 9.17) is 4.74 Å². The van der Waals surface area contributed by atoms with Crippen molar-refractivity contribution in [2.24, 2.45) is 5.10 Å². The van der Waals surface area contributed by atoms with E-state index in [0.29, 0.717) is 5.56 Å². The van der Waals surface area contributed by atoms with Gasteiger partial charge in [-0.3, -0.25) is 0 Å². The molecule has 1 atom stereocenters. The van der Waals surface area contributed by atoms with E-state index in [1.807, 2.05) is 30.3 Å². The summed E-state index contributed by atoms with van der Waals surface area (Å²) in [5.74, 6) is -0.324. The number of hydrazone groups is 1. The first-order valence-corrected chi connectivity index (χ1v) is 6.83. The van der Waals surface area contributed by atoms with Crippen LogP contribution in [0.2, 0.25) is 0 Å². The van der Waals surface area contributed by atoms with Gasteiger partial charge in [0.15, 0.2) is 0 Å². The molecule has 2 aromatic rings. The molecule has 0 spiro atoms. The number of nitrogens with zero attached hydrogens (tertiary/aromatic N) is 1. The van der Waals surface area contributed by atoms with Crippen LogP contribution >= 0.6 is 0 Å².